The summed E-state index contributed by atoms with van der Waals surface area (Å²) in [5.41, 5.74) is 6.69. The van der Waals surface area contributed by atoms with Crippen LogP contribution in [0.2, 0.25) is 0 Å². The van der Waals surface area contributed by atoms with Crippen LogP contribution in [-0.4, -0.2) is 16.8 Å². The molecule has 0 bridgehead atoms. The van der Waals surface area contributed by atoms with Crippen LogP contribution < -0.4 is 5.73 Å². The van der Waals surface area contributed by atoms with Crippen LogP contribution >= 0.6 is 0 Å². The number of nitrogens with two attached hydrogens (primary N) is 1. The van der Waals surface area contributed by atoms with Crippen LogP contribution in [-0.2, 0) is 0 Å². The van der Waals surface area contributed by atoms with Gasteiger partial charge in [0.2, 0.25) is 0 Å². The van der Waals surface area contributed by atoms with Crippen molar-refractivity contribution < 1.29 is 10.2 Å². The van der Waals surface area contributed by atoms with Gasteiger partial charge < -0.3 is 15.9 Å². The fourth-order valence-electron chi connectivity index (χ4n) is 0.886. The van der Waals surface area contributed by atoms with Gasteiger partial charge in [-0.25, -0.2) is 0 Å². The van der Waals surface area contributed by atoms with E-state index in [0.29, 0.717) is 11.3 Å². The van der Waals surface area contributed by atoms with E-state index >= 15 is 0 Å². The van der Waals surface area contributed by atoms with Crippen molar-refractivity contribution in [1.29, 1.82) is 0 Å². The lowest BCUT2D eigenvalue weighted by Crippen LogP contribution is -1.85. The minimum absolute atomic E-state index is 0.0474. The van der Waals surface area contributed by atoms with Gasteiger partial charge in [-0.15, -0.1) is 0 Å². The maximum atomic E-state index is 9.27. The Kier molecular flexibility index (Phi) is 2.71. The summed E-state index contributed by atoms with van der Waals surface area (Å²) in [6.07, 6.45) is 3.15. The Bertz CT molecular complexity index is 295. The van der Waals surface area contributed by atoms with Crippen LogP contribution in [0, 0.1) is 0 Å². The van der Waals surface area contributed by atoms with E-state index in [1.54, 1.807) is 18.2 Å². The highest BCUT2D eigenvalue weighted by Crippen LogP contribution is 2.20. The van der Waals surface area contributed by atoms with E-state index in [0.717, 1.165) is 0 Å². The van der Waals surface area contributed by atoms with Crippen molar-refractivity contribution in [2.24, 2.45) is 0 Å². The number of phenolic OH excluding ortho intramolecular Hbond substituents is 1. The largest absolute Gasteiger partial charge is 0.507 e. The maximum absolute atomic E-state index is 9.27. The Labute approximate surface area is 70.8 Å². The van der Waals surface area contributed by atoms with E-state index in [2.05, 4.69) is 0 Å². The quantitative estimate of drug-likeness (QED) is 0.452. The van der Waals surface area contributed by atoms with Crippen molar-refractivity contribution >= 4 is 11.8 Å². The van der Waals surface area contributed by atoms with E-state index in [-0.39, 0.29) is 12.4 Å². The number of hydrogen-bond acceptors (Lipinski definition) is 3. The van der Waals surface area contributed by atoms with Gasteiger partial charge in [0.25, 0.3) is 0 Å². The molecule has 0 amide bonds. The molecule has 0 aromatic heterocycles. The van der Waals surface area contributed by atoms with Crippen LogP contribution in [0.1, 0.15) is 5.56 Å². The first-order valence-corrected chi connectivity index (χ1v) is 3.60. The van der Waals surface area contributed by atoms with Gasteiger partial charge in [-0.05, 0) is 18.2 Å². The normalized spacial score (nSPS) is 10.8. The monoisotopic (exact) mass is 165 g/mol. The van der Waals surface area contributed by atoms with Crippen molar-refractivity contribution in [3.05, 3.63) is 29.8 Å². The van der Waals surface area contributed by atoms with Crippen molar-refractivity contribution in [3.63, 3.8) is 0 Å². The predicted octanol–water partition coefficient (Wildman–Crippen LogP) is 0.980. The third kappa shape index (κ3) is 2.00. The maximum Gasteiger partial charge on any atom is 0.122 e. The van der Waals surface area contributed by atoms with Gasteiger partial charge >= 0.3 is 0 Å². The van der Waals surface area contributed by atoms with Gasteiger partial charge in [0.15, 0.2) is 0 Å². The molecule has 0 aliphatic rings. The molecule has 0 saturated heterocycles. The summed E-state index contributed by atoms with van der Waals surface area (Å²) in [5, 5.41) is 17.8. The minimum atomic E-state index is -0.0474. The molecule has 3 nitrogen and oxygen atoms in total. The first-order valence-electron chi connectivity index (χ1n) is 3.60. The Morgan fingerprint density at radius 1 is 1.42 bits per heavy atom. The number of hydrogen-bond donors (Lipinski definition) is 3. The highest BCUT2D eigenvalue weighted by Gasteiger charge is 1.95. The van der Waals surface area contributed by atoms with Crippen LogP contribution in [0.5, 0.6) is 5.75 Å². The zero-order valence-electron chi connectivity index (χ0n) is 6.57. The van der Waals surface area contributed by atoms with E-state index < -0.39 is 0 Å². The van der Waals surface area contributed by atoms with E-state index in [1.807, 2.05) is 0 Å². The summed E-state index contributed by atoms with van der Waals surface area (Å²) in [7, 11) is 0. The third-order valence-corrected chi connectivity index (χ3v) is 1.45. The molecule has 0 unspecified atom stereocenters. The molecule has 0 atom stereocenters. The summed E-state index contributed by atoms with van der Waals surface area (Å²) >= 11 is 0. The van der Waals surface area contributed by atoms with Crippen LogP contribution in [0.3, 0.4) is 0 Å². The number of aliphatic hydroxyl groups excluding tert-OH is 1. The molecule has 3 heteroatoms. The molecule has 0 spiro atoms. The standard InChI is InChI=1S/C9H11NO2/c10-8-3-4-9(12)7(6-8)2-1-5-11/h1-4,6,11-12H,5,10H2. The molecule has 64 valence electrons. The summed E-state index contributed by atoms with van der Waals surface area (Å²) in [6, 6.07) is 4.78. The zero-order valence-corrected chi connectivity index (χ0v) is 6.57. The molecule has 1 aromatic rings. The van der Waals surface area contributed by atoms with Crippen molar-refractivity contribution in [2.45, 2.75) is 0 Å². The van der Waals surface area contributed by atoms with Gasteiger partial charge in [0, 0.05) is 11.3 Å². The molecule has 0 fully saturated rings. The molecule has 0 saturated carbocycles. The second-order valence-corrected chi connectivity index (χ2v) is 2.40. The fourth-order valence-corrected chi connectivity index (χ4v) is 0.886. The van der Waals surface area contributed by atoms with E-state index in [9.17, 15) is 5.11 Å². The molecule has 4 N–H and O–H groups in total. The Morgan fingerprint density at radius 3 is 2.83 bits per heavy atom. The minimum Gasteiger partial charge on any atom is -0.507 e. The topological polar surface area (TPSA) is 66.5 Å². The smallest absolute Gasteiger partial charge is 0.122 e. The molecular weight excluding hydrogens is 154 g/mol. The molecule has 1 rings (SSSR count). The first-order chi connectivity index (χ1) is 5.74. The van der Waals surface area contributed by atoms with Crippen molar-refractivity contribution in [2.75, 3.05) is 12.3 Å². The number of aromatic hydroxyl groups is 1. The Balaban J connectivity index is 2.97. The second-order valence-electron chi connectivity index (χ2n) is 2.40. The number of anilines is 1. The molecule has 0 aliphatic carbocycles. The zero-order chi connectivity index (χ0) is 8.97. The Morgan fingerprint density at radius 2 is 2.17 bits per heavy atom. The summed E-state index contributed by atoms with van der Waals surface area (Å²) < 4.78 is 0. The van der Waals surface area contributed by atoms with E-state index in [1.165, 1.54) is 12.1 Å². The second kappa shape index (κ2) is 3.78. The molecule has 12 heavy (non-hydrogen) atoms. The van der Waals surface area contributed by atoms with Gasteiger partial charge in [0.1, 0.15) is 5.75 Å². The first kappa shape index (κ1) is 8.62. The molecule has 0 aliphatic heterocycles. The van der Waals surface area contributed by atoms with Gasteiger partial charge in [-0.1, -0.05) is 12.2 Å². The lowest BCUT2D eigenvalue weighted by Gasteiger charge is -1.99. The third-order valence-electron chi connectivity index (χ3n) is 1.45. The predicted molar refractivity (Wildman–Crippen MR) is 48.6 cm³/mol. The van der Waals surface area contributed by atoms with Gasteiger partial charge in [0.05, 0.1) is 6.61 Å². The number of aliphatic hydroxyl groups is 1. The van der Waals surface area contributed by atoms with Crippen LogP contribution in [0.25, 0.3) is 6.08 Å². The SMILES string of the molecule is Nc1ccc(O)c(C=CCO)c1. The highest BCUT2D eigenvalue weighted by atomic mass is 16.3. The van der Waals surface area contributed by atoms with Crippen LogP contribution in [0.4, 0.5) is 5.69 Å². The number of nitrogen functional groups attached to an aromatic ring is 1. The average Bonchev–Trinajstić information content (AvgIpc) is 2.07. The number of benzene rings is 1. The Hall–Kier alpha value is -1.48. The molecular formula is C9H11NO2. The van der Waals surface area contributed by atoms with Gasteiger partial charge in [-0.2, -0.15) is 0 Å². The summed E-state index contributed by atoms with van der Waals surface area (Å²) in [5.74, 6) is 0.161. The van der Waals surface area contributed by atoms with Crippen LogP contribution in [0.15, 0.2) is 24.3 Å². The fraction of sp³-hybridized carbons (Fsp3) is 0.111. The number of phenols is 1. The molecule has 1 aromatic carbocycles. The molecule has 0 radical (unpaired) electrons. The summed E-state index contributed by atoms with van der Waals surface area (Å²) in [4.78, 5) is 0. The van der Waals surface area contributed by atoms with E-state index in [4.69, 9.17) is 10.8 Å². The lowest BCUT2D eigenvalue weighted by molar-refractivity contribution is 0.343. The molecule has 0 heterocycles. The lowest BCUT2D eigenvalue weighted by atomic mass is 10.1. The van der Waals surface area contributed by atoms with Gasteiger partial charge in [-0.3, -0.25) is 0 Å². The average molecular weight is 165 g/mol. The summed E-state index contributed by atoms with van der Waals surface area (Å²) in [6.45, 7) is -0.0474. The van der Waals surface area contributed by atoms with Crippen molar-refractivity contribution in [1.82, 2.24) is 0 Å². The highest BCUT2D eigenvalue weighted by molar-refractivity contribution is 5.61. The van der Waals surface area contributed by atoms with Crippen molar-refractivity contribution in [3.8, 4) is 5.75 Å². The number of rotatable bonds is 2.